The van der Waals surface area contributed by atoms with Crippen LogP contribution in [-0.2, 0) is 9.59 Å². The van der Waals surface area contributed by atoms with Gasteiger partial charge in [-0.05, 0) is 48.2 Å². The number of furan rings is 1. The highest BCUT2D eigenvalue weighted by molar-refractivity contribution is 8.18. The number of carbonyl (C=O) groups is 3. The number of thioether (sulfide) groups is 1. The molecule has 0 aliphatic carbocycles. The maximum atomic E-state index is 12.7. The van der Waals surface area contributed by atoms with Crippen molar-refractivity contribution in [2.24, 2.45) is 0 Å². The number of nitrogens with one attached hydrogen (secondary N) is 1. The van der Waals surface area contributed by atoms with Crippen LogP contribution in [0.5, 0.6) is 0 Å². The minimum Gasteiger partial charge on any atom is -0.456 e. The minimum absolute atomic E-state index is 0.0685. The number of para-hydroxylation sites is 1. The van der Waals surface area contributed by atoms with Gasteiger partial charge in [0, 0.05) is 22.9 Å². The van der Waals surface area contributed by atoms with Crippen LogP contribution in [0, 0.1) is 10.1 Å². The molecule has 1 aromatic heterocycles. The Morgan fingerprint density at radius 3 is 2.64 bits per heavy atom. The van der Waals surface area contributed by atoms with Crippen molar-refractivity contribution in [1.82, 2.24) is 4.90 Å². The number of halogens is 1. The molecule has 0 bridgehead atoms. The van der Waals surface area contributed by atoms with E-state index < -0.39 is 28.5 Å². The summed E-state index contributed by atoms with van der Waals surface area (Å²) in [6, 6.07) is 15.9. The van der Waals surface area contributed by atoms with E-state index in [1.54, 1.807) is 30.3 Å². The molecule has 9 nitrogen and oxygen atoms in total. The van der Waals surface area contributed by atoms with Crippen LogP contribution in [-0.4, -0.2) is 33.4 Å². The van der Waals surface area contributed by atoms with Crippen molar-refractivity contribution in [2.45, 2.75) is 0 Å². The minimum atomic E-state index is -0.636. The Kier molecular flexibility index (Phi) is 6.29. The zero-order valence-corrected chi connectivity index (χ0v) is 18.3. The van der Waals surface area contributed by atoms with Crippen LogP contribution in [0.25, 0.3) is 17.4 Å². The van der Waals surface area contributed by atoms with Gasteiger partial charge in [0.15, 0.2) is 0 Å². The van der Waals surface area contributed by atoms with Gasteiger partial charge in [-0.15, -0.1) is 0 Å². The Balaban J connectivity index is 1.50. The molecule has 2 heterocycles. The van der Waals surface area contributed by atoms with Gasteiger partial charge in [0.05, 0.1) is 15.4 Å². The second kappa shape index (κ2) is 9.31. The van der Waals surface area contributed by atoms with Crippen LogP contribution < -0.4 is 5.32 Å². The summed E-state index contributed by atoms with van der Waals surface area (Å²) >= 11 is 6.51. The van der Waals surface area contributed by atoms with E-state index in [2.05, 4.69) is 5.32 Å². The molecule has 0 saturated carbocycles. The van der Waals surface area contributed by atoms with Crippen molar-refractivity contribution < 1.29 is 23.7 Å². The lowest BCUT2D eigenvalue weighted by Gasteiger charge is -2.12. The van der Waals surface area contributed by atoms with Crippen LogP contribution in [0.4, 0.5) is 16.2 Å². The largest absolute Gasteiger partial charge is 0.456 e. The molecule has 1 aliphatic rings. The highest BCUT2D eigenvalue weighted by atomic mass is 35.5. The van der Waals surface area contributed by atoms with Crippen molar-refractivity contribution in [3.05, 3.63) is 86.5 Å². The summed E-state index contributed by atoms with van der Waals surface area (Å²) in [5.41, 5.74) is 0.535. The Morgan fingerprint density at radius 1 is 1.15 bits per heavy atom. The third-order valence-corrected chi connectivity index (χ3v) is 5.70. The normalized spacial score (nSPS) is 14.7. The van der Waals surface area contributed by atoms with E-state index in [1.807, 2.05) is 0 Å². The number of imide groups is 1. The predicted octanol–water partition coefficient (Wildman–Crippen LogP) is 5.18. The molecule has 3 aromatic rings. The summed E-state index contributed by atoms with van der Waals surface area (Å²) in [6.07, 6.45) is 1.35. The van der Waals surface area contributed by atoms with E-state index in [4.69, 9.17) is 16.0 Å². The Hall–Kier alpha value is -3.89. The maximum Gasteiger partial charge on any atom is 0.294 e. The fraction of sp³-hybridized carbons (Fsp3) is 0.0455. The molecule has 3 amide bonds. The van der Waals surface area contributed by atoms with Crippen molar-refractivity contribution in [2.75, 3.05) is 11.9 Å². The van der Waals surface area contributed by atoms with Crippen molar-refractivity contribution >= 4 is 57.9 Å². The zero-order chi connectivity index (χ0) is 23.5. The monoisotopic (exact) mass is 483 g/mol. The first-order valence-electron chi connectivity index (χ1n) is 9.46. The Labute approximate surface area is 196 Å². The highest BCUT2D eigenvalue weighted by Crippen LogP contribution is 2.36. The molecule has 1 aliphatic heterocycles. The first-order chi connectivity index (χ1) is 15.8. The van der Waals surface area contributed by atoms with E-state index in [0.29, 0.717) is 17.4 Å². The van der Waals surface area contributed by atoms with Gasteiger partial charge in [0.1, 0.15) is 18.1 Å². The number of carbonyl (C=O) groups excluding carboxylic acids is 3. The lowest BCUT2D eigenvalue weighted by molar-refractivity contribution is -0.384. The average molecular weight is 484 g/mol. The van der Waals surface area contributed by atoms with Crippen molar-refractivity contribution in [1.29, 1.82) is 0 Å². The van der Waals surface area contributed by atoms with Crippen molar-refractivity contribution in [3.63, 3.8) is 0 Å². The molecule has 4 rings (SSSR count). The number of hydrogen-bond donors (Lipinski definition) is 1. The van der Waals surface area contributed by atoms with Crippen LogP contribution in [0.2, 0.25) is 5.02 Å². The van der Waals surface area contributed by atoms with E-state index in [-0.39, 0.29) is 32.7 Å². The second-order valence-corrected chi connectivity index (χ2v) is 8.23. The number of nitrogens with zero attached hydrogens (tertiary/aromatic N) is 2. The lowest BCUT2D eigenvalue weighted by Crippen LogP contribution is -2.36. The fourth-order valence-corrected chi connectivity index (χ4v) is 4.06. The molecule has 33 heavy (non-hydrogen) atoms. The average Bonchev–Trinajstić information content (AvgIpc) is 3.34. The SMILES string of the molecule is O=C(CN1C(=O)S/C(=C/c2ccc(-c3ccc(Cl)cc3[N+](=O)[O-])o2)C1=O)Nc1ccccc1. The zero-order valence-electron chi connectivity index (χ0n) is 16.7. The molecule has 0 unspecified atom stereocenters. The van der Waals surface area contributed by atoms with Gasteiger partial charge in [-0.3, -0.25) is 29.4 Å². The number of rotatable bonds is 6. The van der Waals surface area contributed by atoms with Gasteiger partial charge in [-0.1, -0.05) is 29.8 Å². The van der Waals surface area contributed by atoms with E-state index in [9.17, 15) is 24.5 Å². The Morgan fingerprint density at radius 2 is 1.91 bits per heavy atom. The van der Waals surface area contributed by atoms with Crippen LogP contribution in [0.15, 0.2) is 70.0 Å². The Bertz CT molecular complexity index is 1300. The fourth-order valence-electron chi connectivity index (χ4n) is 3.07. The number of nitro benzene ring substituents is 1. The second-order valence-electron chi connectivity index (χ2n) is 6.80. The molecule has 1 saturated heterocycles. The first kappa shape index (κ1) is 22.3. The molecule has 166 valence electrons. The highest BCUT2D eigenvalue weighted by Gasteiger charge is 2.36. The maximum absolute atomic E-state index is 12.7. The van der Waals surface area contributed by atoms with Crippen LogP contribution in [0.1, 0.15) is 5.76 Å². The molecule has 0 atom stereocenters. The van der Waals surface area contributed by atoms with Gasteiger partial charge in [0.25, 0.3) is 16.8 Å². The summed E-state index contributed by atoms with van der Waals surface area (Å²) in [7, 11) is 0. The number of amides is 3. The predicted molar refractivity (Wildman–Crippen MR) is 124 cm³/mol. The molecule has 0 spiro atoms. The van der Waals surface area contributed by atoms with Crippen LogP contribution in [0.3, 0.4) is 0 Å². The molecule has 11 heteroatoms. The molecule has 2 aromatic carbocycles. The quantitative estimate of drug-likeness (QED) is 0.291. The van der Waals surface area contributed by atoms with E-state index in [0.717, 1.165) is 4.90 Å². The number of benzene rings is 2. The summed E-state index contributed by atoms with van der Waals surface area (Å²) in [5, 5.41) is 13.6. The van der Waals surface area contributed by atoms with Gasteiger partial charge < -0.3 is 9.73 Å². The van der Waals surface area contributed by atoms with Gasteiger partial charge >= 0.3 is 0 Å². The first-order valence-corrected chi connectivity index (χ1v) is 10.7. The lowest BCUT2D eigenvalue weighted by atomic mass is 10.1. The molecule has 1 N–H and O–H groups in total. The standard InChI is InChI=1S/C22H14ClN3O6S/c23-13-6-8-16(17(10-13)26(30)31)18-9-7-15(32-18)11-19-21(28)25(22(29)33-19)12-20(27)24-14-4-2-1-3-5-14/h1-11H,12H2,(H,24,27)/b19-11+. The molecular formula is C22H14ClN3O6S. The topological polar surface area (TPSA) is 123 Å². The van der Waals surface area contributed by atoms with Crippen molar-refractivity contribution in [3.8, 4) is 11.3 Å². The summed E-state index contributed by atoms with van der Waals surface area (Å²) in [5.74, 6) is -0.733. The van der Waals surface area contributed by atoms with E-state index in [1.165, 1.54) is 36.4 Å². The summed E-state index contributed by atoms with van der Waals surface area (Å²) in [6.45, 7) is -0.433. The molecular weight excluding hydrogens is 470 g/mol. The van der Waals surface area contributed by atoms with Gasteiger partial charge in [0.2, 0.25) is 5.91 Å². The number of hydrogen-bond acceptors (Lipinski definition) is 7. The summed E-state index contributed by atoms with van der Waals surface area (Å²) < 4.78 is 5.64. The van der Waals surface area contributed by atoms with Crippen LogP contribution >= 0.6 is 23.4 Å². The smallest absolute Gasteiger partial charge is 0.294 e. The van der Waals surface area contributed by atoms with Gasteiger partial charge in [-0.2, -0.15) is 0 Å². The summed E-state index contributed by atoms with van der Waals surface area (Å²) in [4.78, 5) is 48.8. The number of anilines is 1. The number of nitro groups is 1. The molecule has 0 radical (unpaired) electrons. The van der Waals surface area contributed by atoms with Gasteiger partial charge in [-0.25, -0.2) is 0 Å². The third-order valence-electron chi connectivity index (χ3n) is 4.55. The third kappa shape index (κ3) is 4.97. The van der Waals surface area contributed by atoms with E-state index >= 15 is 0 Å². The molecule has 1 fully saturated rings.